The molecule has 0 aliphatic carbocycles. The lowest BCUT2D eigenvalue weighted by Crippen LogP contribution is -2.15. The highest BCUT2D eigenvalue weighted by molar-refractivity contribution is 8.00. The Morgan fingerprint density at radius 1 is 1.32 bits per heavy atom. The first kappa shape index (κ1) is 20.6. The first-order valence-electron chi connectivity index (χ1n) is 9.32. The highest BCUT2D eigenvalue weighted by atomic mass is 32.2. The average molecular weight is 417 g/mol. The van der Waals surface area contributed by atoms with Gasteiger partial charge in [0.25, 0.3) is 5.56 Å². The van der Waals surface area contributed by atoms with Crippen LogP contribution in [0.25, 0.3) is 10.2 Å². The molecule has 0 saturated carbocycles. The van der Waals surface area contributed by atoms with Gasteiger partial charge < -0.3 is 9.72 Å². The Morgan fingerprint density at radius 2 is 2.07 bits per heavy atom. The van der Waals surface area contributed by atoms with E-state index in [2.05, 4.69) is 23.8 Å². The van der Waals surface area contributed by atoms with Crippen molar-refractivity contribution in [3.8, 4) is 0 Å². The predicted octanol–water partition coefficient (Wildman–Crippen LogP) is 4.72. The van der Waals surface area contributed by atoms with Crippen molar-refractivity contribution in [1.29, 1.82) is 0 Å². The molecular weight excluding hydrogens is 392 g/mol. The molecule has 0 saturated heterocycles. The summed E-state index contributed by atoms with van der Waals surface area (Å²) in [7, 11) is 0. The second-order valence-electron chi connectivity index (χ2n) is 6.81. The third-order valence-electron chi connectivity index (χ3n) is 4.63. The monoisotopic (exact) mass is 416 g/mol. The van der Waals surface area contributed by atoms with Crippen molar-refractivity contribution in [2.24, 2.45) is 5.92 Å². The highest BCUT2D eigenvalue weighted by Crippen LogP contribution is 2.29. The summed E-state index contributed by atoms with van der Waals surface area (Å²) in [5, 5.41) is 0.678. The summed E-state index contributed by atoms with van der Waals surface area (Å²) in [6.45, 7) is 6.34. The molecule has 0 bridgehead atoms. The van der Waals surface area contributed by atoms with E-state index in [0.717, 1.165) is 28.2 Å². The van der Waals surface area contributed by atoms with Gasteiger partial charge in [0.1, 0.15) is 17.3 Å². The van der Waals surface area contributed by atoms with Crippen LogP contribution in [0.5, 0.6) is 0 Å². The number of hydrogen-bond donors (Lipinski definition) is 1. The molecule has 0 radical (unpaired) electrons. The lowest BCUT2D eigenvalue weighted by Gasteiger charge is -2.08. The van der Waals surface area contributed by atoms with Crippen molar-refractivity contribution in [3.63, 3.8) is 0 Å². The summed E-state index contributed by atoms with van der Waals surface area (Å²) in [5.74, 6) is 0.773. The van der Waals surface area contributed by atoms with Crippen LogP contribution in [-0.4, -0.2) is 21.7 Å². The number of H-pyrrole nitrogens is 1. The molecule has 5 nitrogen and oxygen atoms in total. The Kier molecular flexibility index (Phi) is 6.91. The maximum absolute atomic E-state index is 12.6. The predicted molar refractivity (Wildman–Crippen MR) is 115 cm³/mol. The lowest BCUT2D eigenvalue weighted by molar-refractivity contribution is -0.141. The first-order valence-corrected chi connectivity index (χ1v) is 11.1. The number of thioether (sulfide) groups is 1. The van der Waals surface area contributed by atoms with E-state index in [1.54, 1.807) is 0 Å². The molecule has 1 atom stereocenters. The minimum atomic E-state index is -0.337. The van der Waals surface area contributed by atoms with Gasteiger partial charge in [0.15, 0.2) is 0 Å². The van der Waals surface area contributed by atoms with Gasteiger partial charge in [-0.25, -0.2) is 4.98 Å². The number of nitrogens with zero attached hydrogens (tertiary/aromatic N) is 1. The Balaban J connectivity index is 1.67. The number of thiophene rings is 1. The maximum Gasteiger partial charge on any atom is 0.316 e. The zero-order valence-electron chi connectivity index (χ0n) is 16.3. The van der Waals surface area contributed by atoms with Gasteiger partial charge in [-0.1, -0.05) is 38.5 Å². The molecule has 2 heterocycles. The third kappa shape index (κ3) is 5.02. The first-order chi connectivity index (χ1) is 13.5. The molecule has 0 unspecified atom stereocenters. The van der Waals surface area contributed by atoms with Crippen molar-refractivity contribution >= 4 is 39.3 Å². The number of hydrogen-bond acceptors (Lipinski definition) is 6. The Labute approximate surface area is 172 Å². The van der Waals surface area contributed by atoms with Gasteiger partial charge in [0, 0.05) is 9.77 Å². The molecule has 0 spiro atoms. The van der Waals surface area contributed by atoms with Crippen molar-refractivity contribution in [2.45, 2.75) is 45.1 Å². The fraction of sp³-hybridized carbons (Fsp3) is 0.381. The van der Waals surface area contributed by atoms with E-state index < -0.39 is 0 Å². The fourth-order valence-corrected chi connectivity index (χ4v) is 4.67. The van der Waals surface area contributed by atoms with Crippen molar-refractivity contribution in [3.05, 3.63) is 57.0 Å². The maximum atomic E-state index is 12.6. The SMILES string of the molecule is CC[C@@H](C)Cc1c(C)sc2nc(COC(=O)CSc3ccccc3)[nH]c(=O)c12. The van der Waals surface area contributed by atoms with Crippen molar-refractivity contribution in [1.82, 2.24) is 9.97 Å². The molecule has 2 aromatic heterocycles. The zero-order valence-corrected chi connectivity index (χ0v) is 17.9. The molecular formula is C21H24N2O3S2. The van der Waals surface area contributed by atoms with Crippen LogP contribution in [0, 0.1) is 12.8 Å². The van der Waals surface area contributed by atoms with Gasteiger partial charge in [0.05, 0.1) is 11.1 Å². The highest BCUT2D eigenvalue weighted by Gasteiger charge is 2.17. The lowest BCUT2D eigenvalue weighted by atomic mass is 9.98. The topological polar surface area (TPSA) is 72.0 Å². The smallest absolute Gasteiger partial charge is 0.316 e. The molecule has 1 aromatic carbocycles. The van der Waals surface area contributed by atoms with Crippen LogP contribution in [0.15, 0.2) is 40.0 Å². The molecule has 28 heavy (non-hydrogen) atoms. The summed E-state index contributed by atoms with van der Waals surface area (Å²) in [4.78, 5) is 34.8. The van der Waals surface area contributed by atoms with E-state index in [-0.39, 0.29) is 23.9 Å². The summed E-state index contributed by atoms with van der Waals surface area (Å²) < 4.78 is 5.28. The van der Waals surface area contributed by atoms with Gasteiger partial charge in [0.2, 0.25) is 0 Å². The van der Waals surface area contributed by atoms with E-state index in [9.17, 15) is 9.59 Å². The van der Waals surface area contributed by atoms with Gasteiger partial charge in [-0.05, 0) is 37.0 Å². The number of ether oxygens (including phenoxy) is 1. The number of carbonyl (C=O) groups excluding carboxylic acids is 1. The molecule has 7 heteroatoms. The minimum absolute atomic E-state index is 0.0307. The van der Waals surface area contributed by atoms with Crippen molar-refractivity contribution in [2.75, 3.05) is 5.75 Å². The van der Waals surface area contributed by atoms with Crippen LogP contribution in [0.3, 0.4) is 0 Å². The number of carbonyl (C=O) groups is 1. The Bertz CT molecular complexity index is 1010. The number of benzene rings is 1. The largest absolute Gasteiger partial charge is 0.457 e. The summed E-state index contributed by atoms with van der Waals surface area (Å²) >= 11 is 2.94. The van der Waals surface area contributed by atoms with Gasteiger partial charge in [-0.3, -0.25) is 9.59 Å². The van der Waals surface area contributed by atoms with E-state index in [0.29, 0.717) is 22.0 Å². The van der Waals surface area contributed by atoms with Crippen LogP contribution < -0.4 is 5.56 Å². The molecule has 148 valence electrons. The molecule has 0 fully saturated rings. The molecule has 1 N–H and O–H groups in total. The minimum Gasteiger partial charge on any atom is -0.457 e. The van der Waals surface area contributed by atoms with E-state index in [1.807, 2.05) is 37.3 Å². The summed E-state index contributed by atoms with van der Waals surface area (Å²) in [5.41, 5.74) is 0.934. The molecule has 0 amide bonds. The molecule has 0 aliphatic heterocycles. The van der Waals surface area contributed by atoms with Gasteiger partial charge in [-0.15, -0.1) is 23.1 Å². The standard InChI is InChI=1S/C21H24N2O3S2/c1-4-13(2)10-16-14(3)28-21-19(16)20(25)22-17(23-21)11-26-18(24)12-27-15-8-6-5-7-9-15/h5-9,13H,4,10-12H2,1-3H3,(H,22,23,25)/t13-/m1/s1. The normalized spacial score (nSPS) is 12.2. The third-order valence-corrected chi connectivity index (χ3v) is 6.66. The molecule has 3 rings (SSSR count). The fourth-order valence-electron chi connectivity index (χ4n) is 2.88. The van der Waals surface area contributed by atoms with Crippen LogP contribution in [0.1, 0.15) is 36.5 Å². The second kappa shape index (κ2) is 9.39. The number of fused-ring (bicyclic) bond motifs is 1. The number of esters is 1. The zero-order chi connectivity index (χ0) is 20.1. The van der Waals surface area contributed by atoms with E-state index in [1.165, 1.54) is 23.1 Å². The number of aryl methyl sites for hydroxylation is 1. The van der Waals surface area contributed by atoms with Crippen LogP contribution >= 0.6 is 23.1 Å². The number of rotatable bonds is 8. The number of nitrogens with one attached hydrogen (secondary N) is 1. The second-order valence-corrected chi connectivity index (χ2v) is 9.06. The van der Waals surface area contributed by atoms with Crippen LogP contribution in [0.4, 0.5) is 0 Å². The molecule has 3 aromatic rings. The summed E-state index contributed by atoms with van der Waals surface area (Å²) in [6.07, 6.45) is 1.94. The molecule has 0 aliphatic rings. The Hall–Kier alpha value is -2.12. The number of aromatic amines is 1. The van der Waals surface area contributed by atoms with Gasteiger partial charge >= 0.3 is 5.97 Å². The Morgan fingerprint density at radius 3 is 2.79 bits per heavy atom. The van der Waals surface area contributed by atoms with Crippen LogP contribution in [0.2, 0.25) is 0 Å². The quantitative estimate of drug-likeness (QED) is 0.425. The summed E-state index contributed by atoms with van der Waals surface area (Å²) in [6, 6.07) is 9.68. The van der Waals surface area contributed by atoms with E-state index in [4.69, 9.17) is 4.74 Å². The number of aromatic nitrogens is 2. The van der Waals surface area contributed by atoms with Gasteiger partial charge in [-0.2, -0.15) is 0 Å². The van der Waals surface area contributed by atoms with E-state index >= 15 is 0 Å². The van der Waals surface area contributed by atoms with Crippen molar-refractivity contribution < 1.29 is 9.53 Å². The average Bonchev–Trinajstić information content (AvgIpc) is 3.01. The van der Waals surface area contributed by atoms with Crippen LogP contribution in [-0.2, 0) is 22.6 Å².